The summed E-state index contributed by atoms with van der Waals surface area (Å²) in [5, 5.41) is 3.72. The van der Waals surface area contributed by atoms with Crippen LogP contribution in [0.2, 0.25) is 0 Å². The lowest BCUT2D eigenvalue weighted by molar-refractivity contribution is -0.141. The molecule has 0 saturated heterocycles. The number of halogens is 3. The fourth-order valence-electron chi connectivity index (χ4n) is 3.11. The number of nitrogens with zero attached hydrogens (tertiary/aromatic N) is 3. The summed E-state index contributed by atoms with van der Waals surface area (Å²) in [5.41, 5.74) is -0.0929. The molecule has 1 aromatic carbocycles. The van der Waals surface area contributed by atoms with Crippen LogP contribution in [0.15, 0.2) is 30.3 Å². The molecule has 7 nitrogen and oxygen atoms in total. The van der Waals surface area contributed by atoms with Crippen LogP contribution in [0, 0.1) is 6.92 Å². The number of rotatable bonds is 9. The number of ether oxygens (including phenoxy) is 3. The van der Waals surface area contributed by atoms with Gasteiger partial charge in [-0.05, 0) is 31.5 Å². The molecule has 1 N–H and O–H groups in total. The topological polar surface area (TPSA) is 78.4 Å². The summed E-state index contributed by atoms with van der Waals surface area (Å²) < 4.78 is 55.6. The number of aromatic nitrogens is 3. The molecule has 0 bridgehead atoms. The zero-order valence-corrected chi connectivity index (χ0v) is 18.3. The van der Waals surface area contributed by atoms with Gasteiger partial charge in [0, 0.05) is 18.6 Å². The molecular formula is C22H25F3N4O3. The van der Waals surface area contributed by atoms with E-state index in [-0.39, 0.29) is 18.3 Å². The highest BCUT2D eigenvalue weighted by atomic mass is 19.4. The second-order valence-electron chi connectivity index (χ2n) is 7.08. The summed E-state index contributed by atoms with van der Waals surface area (Å²) in [6.07, 6.45) is -3.80. The van der Waals surface area contributed by atoms with Gasteiger partial charge in [0.2, 0.25) is 0 Å². The van der Waals surface area contributed by atoms with Crippen molar-refractivity contribution in [3.05, 3.63) is 47.5 Å². The van der Waals surface area contributed by atoms with E-state index in [1.54, 1.807) is 26.2 Å². The van der Waals surface area contributed by atoms with E-state index < -0.39 is 11.9 Å². The van der Waals surface area contributed by atoms with Crippen LogP contribution < -0.4 is 14.8 Å². The standard InChI is InChI=1S/C22H25F3N4O3/c1-5-15(30-3)12-32-19-9-16-17(10-18(19)31-4)27-13(2)28-21(16)26-11-14-7-6-8-20(29-14)22(23,24)25/h6-10,15H,5,11-12H2,1-4H3,(H,26,27,28). The quantitative estimate of drug-likeness (QED) is 0.503. The largest absolute Gasteiger partial charge is 0.493 e. The first-order valence-electron chi connectivity index (χ1n) is 10.0. The van der Waals surface area contributed by atoms with Crippen LogP contribution in [-0.4, -0.2) is 41.9 Å². The van der Waals surface area contributed by atoms with E-state index in [1.807, 2.05) is 6.92 Å². The number of alkyl halides is 3. The number of hydrogen-bond donors (Lipinski definition) is 1. The van der Waals surface area contributed by atoms with E-state index in [4.69, 9.17) is 14.2 Å². The maximum Gasteiger partial charge on any atom is 0.433 e. The smallest absolute Gasteiger partial charge is 0.433 e. The van der Waals surface area contributed by atoms with Crippen LogP contribution >= 0.6 is 0 Å². The van der Waals surface area contributed by atoms with Gasteiger partial charge in [-0.25, -0.2) is 15.0 Å². The van der Waals surface area contributed by atoms with Crippen molar-refractivity contribution in [1.29, 1.82) is 0 Å². The third-order valence-corrected chi connectivity index (χ3v) is 4.84. The lowest BCUT2D eigenvalue weighted by Crippen LogP contribution is -2.19. The van der Waals surface area contributed by atoms with Crippen molar-refractivity contribution in [1.82, 2.24) is 15.0 Å². The summed E-state index contributed by atoms with van der Waals surface area (Å²) in [5.74, 6) is 1.95. The van der Waals surface area contributed by atoms with Gasteiger partial charge in [-0.3, -0.25) is 0 Å². The molecule has 0 aliphatic heterocycles. The number of aryl methyl sites for hydroxylation is 1. The van der Waals surface area contributed by atoms with Gasteiger partial charge < -0.3 is 19.5 Å². The zero-order chi connectivity index (χ0) is 23.3. The molecule has 32 heavy (non-hydrogen) atoms. The Balaban J connectivity index is 1.91. The minimum absolute atomic E-state index is 0.0548. The lowest BCUT2D eigenvalue weighted by atomic mass is 10.2. The molecule has 0 aliphatic rings. The number of pyridine rings is 1. The SMILES string of the molecule is CCC(COc1cc2c(NCc3cccc(C(F)(F)F)n3)nc(C)nc2cc1OC)OC. The van der Waals surface area contributed by atoms with Crippen molar-refractivity contribution in [2.24, 2.45) is 0 Å². The van der Waals surface area contributed by atoms with Crippen LogP contribution in [0.1, 0.15) is 30.6 Å². The first kappa shape index (κ1) is 23.5. The van der Waals surface area contributed by atoms with Crippen LogP contribution in [-0.2, 0) is 17.5 Å². The molecule has 2 heterocycles. The summed E-state index contributed by atoms with van der Waals surface area (Å²) in [6.45, 7) is 4.11. The first-order valence-corrected chi connectivity index (χ1v) is 10.0. The second-order valence-corrected chi connectivity index (χ2v) is 7.08. The molecule has 1 atom stereocenters. The van der Waals surface area contributed by atoms with Crippen molar-refractivity contribution in [2.75, 3.05) is 26.1 Å². The summed E-state index contributed by atoms with van der Waals surface area (Å²) in [4.78, 5) is 12.5. The van der Waals surface area contributed by atoms with Gasteiger partial charge in [-0.1, -0.05) is 13.0 Å². The molecule has 172 valence electrons. The van der Waals surface area contributed by atoms with Crippen molar-refractivity contribution in [3.63, 3.8) is 0 Å². The lowest BCUT2D eigenvalue weighted by Gasteiger charge is -2.17. The number of benzene rings is 1. The van der Waals surface area contributed by atoms with Gasteiger partial charge in [0.15, 0.2) is 11.5 Å². The van der Waals surface area contributed by atoms with Gasteiger partial charge in [-0.15, -0.1) is 0 Å². The Labute approximate surface area is 184 Å². The summed E-state index contributed by atoms with van der Waals surface area (Å²) in [6, 6.07) is 7.27. The fourth-order valence-corrected chi connectivity index (χ4v) is 3.11. The van der Waals surface area contributed by atoms with E-state index in [0.29, 0.717) is 40.7 Å². The second kappa shape index (κ2) is 9.99. The number of fused-ring (bicyclic) bond motifs is 1. The number of methoxy groups -OCH3 is 2. The van der Waals surface area contributed by atoms with Crippen LogP contribution in [0.25, 0.3) is 10.9 Å². The molecule has 0 aliphatic carbocycles. The Kier molecular flexibility index (Phi) is 7.34. The van der Waals surface area contributed by atoms with Crippen LogP contribution in [0.4, 0.5) is 19.0 Å². The highest BCUT2D eigenvalue weighted by Gasteiger charge is 2.32. The Morgan fingerprint density at radius 2 is 1.84 bits per heavy atom. The van der Waals surface area contributed by atoms with Gasteiger partial charge in [0.05, 0.1) is 31.0 Å². The highest BCUT2D eigenvalue weighted by molar-refractivity contribution is 5.91. The Bertz CT molecular complexity index is 1070. The van der Waals surface area contributed by atoms with Crippen LogP contribution in [0.5, 0.6) is 11.5 Å². The number of anilines is 1. The van der Waals surface area contributed by atoms with Crippen molar-refractivity contribution in [2.45, 2.75) is 39.1 Å². The minimum Gasteiger partial charge on any atom is -0.493 e. The third kappa shape index (κ3) is 5.56. The number of hydrogen-bond acceptors (Lipinski definition) is 7. The summed E-state index contributed by atoms with van der Waals surface area (Å²) >= 11 is 0. The molecule has 0 radical (unpaired) electrons. The predicted octanol–water partition coefficient (Wildman–Crippen LogP) is 4.78. The minimum atomic E-state index is -4.50. The van der Waals surface area contributed by atoms with Crippen molar-refractivity contribution >= 4 is 16.7 Å². The molecule has 10 heteroatoms. The molecular weight excluding hydrogens is 425 g/mol. The molecule has 1 unspecified atom stereocenters. The molecule has 2 aromatic heterocycles. The molecule has 0 fully saturated rings. The molecule has 3 aromatic rings. The maximum atomic E-state index is 13.0. The Morgan fingerprint density at radius 1 is 1.06 bits per heavy atom. The van der Waals surface area contributed by atoms with Gasteiger partial charge in [-0.2, -0.15) is 13.2 Å². The zero-order valence-electron chi connectivity index (χ0n) is 18.3. The average Bonchev–Trinajstić information content (AvgIpc) is 2.77. The van der Waals surface area contributed by atoms with E-state index in [2.05, 4.69) is 20.3 Å². The van der Waals surface area contributed by atoms with Gasteiger partial charge in [0.25, 0.3) is 0 Å². The molecule has 0 amide bonds. The predicted molar refractivity (Wildman–Crippen MR) is 114 cm³/mol. The van der Waals surface area contributed by atoms with Gasteiger partial charge in [0.1, 0.15) is 23.9 Å². The Morgan fingerprint density at radius 3 is 2.50 bits per heavy atom. The Hall–Kier alpha value is -3.14. The third-order valence-electron chi connectivity index (χ3n) is 4.84. The van der Waals surface area contributed by atoms with Crippen molar-refractivity contribution in [3.8, 4) is 11.5 Å². The molecule has 3 rings (SSSR count). The fraction of sp³-hybridized carbons (Fsp3) is 0.409. The summed E-state index contributed by atoms with van der Waals surface area (Å²) in [7, 11) is 3.16. The highest BCUT2D eigenvalue weighted by Crippen LogP contribution is 2.35. The normalized spacial score (nSPS) is 12.6. The average molecular weight is 450 g/mol. The number of nitrogens with one attached hydrogen (secondary N) is 1. The van der Waals surface area contributed by atoms with E-state index >= 15 is 0 Å². The van der Waals surface area contributed by atoms with E-state index in [1.165, 1.54) is 19.2 Å². The maximum absolute atomic E-state index is 13.0. The van der Waals surface area contributed by atoms with Gasteiger partial charge >= 0.3 is 6.18 Å². The molecule has 0 spiro atoms. The monoisotopic (exact) mass is 450 g/mol. The first-order chi connectivity index (χ1) is 15.2. The van der Waals surface area contributed by atoms with E-state index in [9.17, 15) is 13.2 Å². The van der Waals surface area contributed by atoms with Crippen LogP contribution in [0.3, 0.4) is 0 Å². The van der Waals surface area contributed by atoms with E-state index in [0.717, 1.165) is 12.5 Å². The van der Waals surface area contributed by atoms with Crippen molar-refractivity contribution < 1.29 is 27.4 Å². The molecule has 0 saturated carbocycles.